The van der Waals surface area contributed by atoms with Crippen LogP contribution in [0.25, 0.3) is 0 Å². The predicted octanol–water partition coefficient (Wildman–Crippen LogP) is 7.13. The fourth-order valence-electron chi connectivity index (χ4n) is 5.14. The van der Waals surface area contributed by atoms with Crippen molar-refractivity contribution < 1.29 is 14.3 Å². The number of rotatable bonds is 19. The Kier molecular flexibility index (Phi) is 16.2. The molecular weight excluding hydrogens is 444 g/mol. The van der Waals surface area contributed by atoms with Crippen LogP contribution in [0.1, 0.15) is 118 Å². The number of amides is 1. The van der Waals surface area contributed by atoms with E-state index < -0.39 is 5.60 Å². The van der Waals surface area contributed by atoms with E-state index in [1.165, 1.54) is 38.5 Å². The molecule has 0 aromatic carbocycles. The summed E-state index contributed by atoms with van der Waals surface area (Å²) in [6.07, 6.45) is 15.4. The van der Waals surface area contributed by atoms with Gasteiger partial charge in [0.2, 0.25) is 0 Å². The number of nitrogens with one attached hydrogen (secondary N) is 2. The molecule has 1 aliphatic rings. The van der Waals surface area contributed by atoms with E-state index in [4.69, 9.17) is 4.74 Å². The topological polar surface area (TPSA) is 67.4 Å². The Bertz CT molecular complexity index is 546. The highest BCUT2D eigenvalue weighted by Crippen LogP contribution is 2.41. The number of thioether (sulfide) groups is 1. The van der Waals surface area contributed by atoms with E-state index in [1.54, 1.807) is 0 Å². The Balaban J connectivity index is 2.52. The van der Waals surface area contributed by atoms with Gasteiger partial charge in [-0.2, -0.15) is 11.8 Å². The molecule has 34 heavy (non-hydrogen) atoms. The van der Waals surface area contributed by atoms with Crippen LogP contribution in [-0.4, -0.2) is 48.6 Å². The summed E-state index contributed by atoms with van der Waals surface area (Å²) in [5, 5.41) is 7.35. The Hall–Kier alpha value is -0.750. The van der Waals surface area contributed by atoms with Gasteiger partial charge in [-0.25, -0.2) is 4.79 Å². The standard InChI is InChI=1S/C28H54N2O3S/c1-6-9-10-12-16-27(4,5)33-26(32)30-23-28(17-13-11-14-18-28)24(22-31)21-29-19-15-20-34-25(7-2)8-3/h22,24-25,29H,6-21,23H2,1-5H3,(H,30,32). The van der Waals surface area contributed by atoms with Gasteiger partial charge in [0.1, 0.15) is 11.9 Å². The van der Waals surface area contributed by atoms with Crippen LogP contribution >= 0.6 is 11.8 Å². The molecule has 0 aliphatic heterocycles. The van der Waals surface area contributed by atoms with Gasteiger partial charge in [-0.1, -0.05) is 59.3 Å². The van der Waals surface area contributed by atoms with Crippen molar-refractivity contribution in [3.63, 3.8) is 0 Å². The summed E-state index contributed by atoms with van der Waals surface area (Å²) in [6, 6.07) is 0. The number of hydrogen-bond donors (Lipinski definition) is 2. The van der Waals surface area contributed by atoms with Gasteiger partial charge in [-0.05, 0) is 76.5 Å². The van der Waals surface area contributed by atoms with E-state index in [2.05, 4.69) is 43.2 Å². The molecule has 0 spiro atoms. The first-order valence-electron chi connectivity index (χ1n) is 14.1. The zero-order valence-corrected chi connectivity index (χ0v) is 23.7. The molecule has 1 unspecified atom stereocenters. The smallest absolute Gasteiger partial charge is 0.407 e. The molecule has 1 fully saturated rings. The van der Waals surface area contributed by atoms with Gasteiger partial charge >= 0.3 is 6.09 Å². The van der Waals surface area contributed by atoms with Crippen LogP contribution in [0.2, 0.25) is 0 Å². The molecule has 1 saturated carbocycles. The van der Waals surface area contributed by atoms with E-state index in [1.807, 2.05) is 13.8 Å². The van der Waals surface area contributed by atoms with Gasteiger partial charge in [0.25, 0.3) is 0 Å². The number of carbonyl (C=O) groups is 2. The molecule has 0 heterocycles. The van der Waals surface area contributed by atoms with E-state index in [0.29, 0.717) is 13.1 Å². The summed E-state index contributed by atoms with van der Waals surface area (Å²) in [6.45, 7) is 12.9. The summed E-state index contributed by atoms with van der Waals surface area (Å²) >= 11 is 2.07. The van der Waals surface area contributed by atoms with Gasteiger partial charge in [0, 0.05) is 24.3 Å². The van der Waals surface area contributed by atoms with E-state index in [-0.39, 0.29) is 17.4 Å². The lowest BCUT2D eigenvalue weighted by Crippen LogP contribution is -2.48. The lowest BCUT2D eigenvalue weighted by molar-refractivity contribution is -0.115. The molecule has 5 nitrogen and oxygen atoms in total. The van der Waals surface area contributed by atoms with Crippen LogP contribution in [0, 0.1) is 11.3 Å². The Morgan fingerprint density at radius 2 is 1.76 bits per heavy atom. The van der Waals surface area contributed by atoms with Crippen molar-refractivity contribution in [1.29, 1.82) is 0 Å². The molecule has 0 bridgehead atoms. The summed E-state index contributed by atoms with van der Waals surface area (Å²) < 4.78 is 5.77. The first kappa shape index (κ1) is 31.3. The monoisotopic (exact) mass is 498 g/mol. The molecule has 0 saturated heterocycles. The largest absolute Gasteiger partial charge is 0.444 e. The average molecular weight is 499 g/mol. The quantitative estimate of drug-likeness (QED) is 0.146. The van der Waals surface area contributed by atoms with Crippen LogP contribution in [0.15, 0.2) is 0 Å². The van der Waals surface area contributed by atoms with Crippen molar-refractivity contribution in [2.45, 2.75) is 129 Å². The van der Waals surface area contributed by atoms with Crippen molar-refractivity contribution in [2.75, 3.05) is 25.4 Å². The normalized spacial score (nSPS) is 16.9. The molecule has 0 radical (unpaired) electrons. The average Bonchev–Trinajstić information content (AvgIpc) is 2.83. The number of hydrogen-bond acceptors (Lipinski definition) is 5. The number of ether oxygens (including phenoxy) is 1. The second kappa shape index (κ2) is 17.6. The summed E-state index contributed by atoms with van der Waals surface area (Å²) in [5.41, 5.74) is -0.628. The Labute approximate surface area is 214 Å². The summed E-state index contributed by atoms with van der Waals surface area (Å²) in [7, 11) is 0. The van der Waals surface area contributed by atoms with Crippen LogP contribution in [0.4, 0.5) is 4.79 Å². The molecule has 1 amide bonds. The SMILES string of the molecule is CCCCCCC(C)(C)OC(=O)NCC1(C(C=O)CNCCCSC(CC)CC)CCCCC1. The maximum atomic E-state index is 12.6. The lowest BCUT2D eigenvalue weighted by atomic mass is 9.66. The minimum Gasteiger partial charge on any atom is -0.444 e. The molecule has 200 valence electrons. The van der Waals surface area contributed by atoms with E-state index >= 15 is 0 Å². The number of unbranched alkanes of at least 4 members (excludes halogenated alkanes) is 3. The minimum absolute atomic E-state index is 0.0816. The highest BCUT2D eigenvalue weighted by molar-refractivity contribution is 7.99. The third kappa shape index (κ3) is 12.3. The molecular formula is C28H54N2O3S. The minimum atomic E-state index is -0.463. The third-order valence-corrected chi connectivity index (χ3v) is 9.18. The molecule has 1 rings (SSSR count). The second-order valence-corrected chi connectivity index (χ2v) is 12.3. The Morgan fingerprint density at radius 1 is 1.06 bits per heavy atom. The molecule has 6 heteroatoms. The summed E-state index contributed by atoms with van der Waals surface area (Å²) in [4.78, 5) is 24.8. The summed E-state index contributed by atoms with van der Waals surface area (Å²) in [5.74, 6) is 1.08. The molecule has 2 N–H and O–H groups in total. The zero-order chi connectivity index (χ0) is 25.3. The van der Waals surface area contributed by atoms with Gasteiger partial charge in [-0.15, -0.1) is 0 Å². The van der Waals surface area contributed by atoms with Crippen LogP contribution in [0.3, 0.4) is 0 Å². The predicted molar refractivity (Wildman–Crippen MR) is 147 cm³/mol. The van der Waals surface area contributed by atoms with Gasteiger partial charge < -0.3 is 20.2 Å². The molecule has 1 aliphatic carbocycles. The first-order valence-corrected chi connectivity index (χ1v) is 15.1. The molecule has 0 aromatic rings. The van der Waals surface area contributed by atoms with Crippen molar-refractivity contribution in [3.05, 3.63) is 0 Å². The van der Waals surface area contributed by atoms with E-state index in [9.17, 15) is 9.59 Å². The fourth-order valence-corrected chi connectivity index (χ4v) is 6.25. The molecule has 0 aromatic heterocycles. The lowest BCUT2D eigenvalue weighted by Gasteiger charge is -2.42. The van der Waals surface area contributed by atoms with Crippen molar-refractivity contribution in [1.82, 2.24) is 10.6 Å². The highest BCUT2D eigenvalue weighted by atomic mass is 32.2. The number of carbonyl (C=O) groups excluding carboxylic acids is 2. The van der Waals surface area contributed by atoms with Gasteiger partial charge in [-0.3, -0.25) is 0 Å². The van der Waals surface area contributed by atoms with Crippen LogP contribution in [0.5, 0.6) is 0 Å². The van der Waals surface area contributed by atoms with Crippen LogP contribution in [-0.2, 0) is 9.53 Å². The maximum Gasteiger partial charge on any atom is 0.407 e. The number of alkyl carbamates (subject to hydrolysis) is 1. The fraction of sp³-hybridized carbons (Fsp3) is 0.929. The first-order chi connectivity index (χ1) is 16.3. The highest BCUT2D eigenvalue weighted by Gasteiger charge is 2.40. The Morgan fingerprint density at radius 3 is 2.38 bits per heavy atom. The van der Waals surface area contributed by atoms with Crippen molar-refractivity contribution in [2.24, 2.45) is 11.3 Å². The zero-order valence-electron chi connectivity index (χ0n) is 22.9. The number of aldehydes is 1. The van der Waals surface area contributed by atoms with E-state index in [0.717, 1.165) is 68.8 Å². The van der Waals surface area contributed by atoms with Gasteiger partial charge in [0.05, 0.1) is 0 Å². The maximum absolute atomic E-state index is 12.6. The van der Waals surface area contributed by atoms with Crippen molar-refractivity contribution >= 4 is 24.1 Å². The van der Waals surface area contributed by atoms with Gasteiger partial charge in [0.15, 0.2) is 0 Å². The second-order valence-electron chi connectivity index (χ2n) is 10.8. The molecule has 1 atom stereocenters. The third-order valence-electron chi connectivity index (χ3n) is 7.51. The van der Waals surface area contributed by atoms with Crippen molar-refractivity contribution in [3.8, 4) is 0 Å². The van der Waals surface area contributed by atoms with Crippen LogP contribution < -0.4 is 10.6 Å².